The molecule has 0 N–H and O–H groups in total. The quantitative estimate of drug-likeness (QED) is 0.456. The molecule has 3 heteroatoms. The number of halogens is 2. The SMILES string of the molecule is ClC(Cl)CC[As]. The van der Waals surface area contributed by atoms with E-state index in [1.165, 1.54) is 0 Å². The molecule has 0 amide bonds. The first-order valence-corrected chi connectivity index (χ1v) is 3.86. The molecule has 0 atom stereocenters. The van der Waals surface area contributed by atoms with Crippen LogP contribution in [0.3, 0.4) is 0 Å². The summed E-state index contributed by atoms with van der Waals surface area (Å²) in [6, 6.07) is 0. The average Bonchev–Trinajstić information content (AvgIpc) is 1.35. The minimum absolute atomic E-state index is 0.173. The molecule has 6 heavy (non-hydrogen) atoms. The molecule has 0 aliphatic rings. The van der Waals surface area contributed by atoms with Crippen molar-refractivity contribution in [2.24, 2.45) is 0 Å². The van der Waals surface area contributed by atoms with Crippen molar-refractivity contribution in [2.45, 2.75) is 16.5 Å². The van der Waals surface area contributed by atoms with Gasteiger partial charge >= 0.3 is 56.5 Å². The van der Waals surface area contributed by atoms with Crippen LogP contribution in [0.2, 0.25) is 5.21 Å². The fraction of sp³-hybridized carbons (Fsp3) is 1.00. The third-order valence-electron chi connectivity index (χ3n) is 0.347. The van der Waals surface area contributed by atoms with Crippen LogP contribution in [0.15, 0.2) is 0 Å². The van der Waals surface area contributed by atoms with Gasteiger partial charge in [-0.05, 0) is 0 Å². The normalized spacial score (nSPS) is 10.0. The summed E-state index contributed by atoms with van der Waals surface area (Å²) >= 11 is 13.1. The van der Waals surface area contributed by atoms with Crippen LogP contribution in [0, 0.1) is 0 Å². The number of alkyl halides is 2. The average molecular weight is 187 g/mol. The van der Waals surface area contributed by atoms with Crippen LogP contribution in [0.4, 0.5) is 0 Å². The maximum atomic E-state index is 5.33. The Balaban J connectivity index is 2.63. The van der Waals surface area contributed by atoms with Gasteiger partial charge < -0.3 is 0 Å². The summed E-state index contributed by atoms with van der Waals surface area (Å²) in [7, 11) is 0. The van der Waals surface area contributed by atoms with Crippen LogP contribution in [0.25, 0.3) is 0 Å². The maximum absolute atomic E-state index is 5.33. The Morgan fingerprint density at radius 1 is 1.50 bits per heavy atom. The van der Waals surface area contributed by atoms with Gasteiger partial charge in [0.1, 0.15) is 0 Å². The molecule has 0 aromatic carbocycles. The zero-order valence-electron chi connectivity index (χ0n) is 3.19. The van der Waals surface area contributed by atoms with Crippen LogP contribution in [0.1, 0.15) is 6.42 Å². The van der Waals surface area contributed by atoms with Crippen molar-refractivity contribution in [3.05, 3.63) is 0 Å². The summed E-state index contributed by atoms with van der Waals surface area (Å²) in [5.74, 6) is 0. The molecular weight excluding hydrogens is 182 g/mol. The van der Waals surface area contributed by atoms with Crippen LogP contribution < -0.4 is 0 Å². The number of hydrogen-bond acceptors (Lipinski definition) is 0. The predicted molar refractivity (Wildman–Crippen MR) is 30.7 cm³/mol. The zero-order chi connectivity index (χ0) is 4.99. The van der Waals surface area contributed by atoms with Crippen molar-refractivity contribution in [1.29, 1.82) is 0 Å². The molecule has 0 spiro atoms. The summed E-state index contributed by atoms with van der Waals surface area (Å²) in [5, 5.41) is 1.00. The second-order valence-electron chi connectivity index (χ2n) is 0.903. The fourth-order valence-corrected chi connectivity index (χ4v) is 1.52. The molecular formula is C3H5AsCl2. The van der Waals surface area contributed by atoms with Gasteiger partial charge in [-0.1, -0.05) is 0 Å². The van der Waals surface area contributed by atoms with Crippen molar-refractivity contribution < 1.29 is 0 Å². The second-order valence-corrected chi connectivity index (χ2v) is 3.12. The molecule has 2 radical (unpaired) electrons. The van der Waals surface area contributed by atoms with Crippen molar-refractivity contribution in [1.82, 2.24) is 0 Å². The molecule has 0 fully saturated rings. The van der Waals surface area contributed by atoms with Crippen molar-refractivity contribution in [2.75, 3.05) is 0 Å². The second kappa shape index (κ2) is 4.30. The summed E-state index contributed by atoms with van der Waals surface area (Å²) in [6.07, 6.45) is 0.878. The molecule has 0 unspecified atom stereocenters. The van der Waals surface area contributed by atoms with Crippen LogP contribution >= 0.6 is 23.2 Å². The number of rotatable bonds is 2. The van der Waals surface area contributed by atoms with Crippen LogP contribution in [-0.2, 0) is 0 Å². The summed E-state index contributed by atoms with van der Waals surface area (Å²) < 4.78 is 0. The van der Waals surface area contributed by atoms with E-state index in [2.05, 4.69) is 16.9 Å². The van der Waals surface area contributed by atoms with E-state index >= 15 is 0 Å². The molecule has 0 saturated carbocycles. The van der Waals surface area contributed by atoms with Gasteiger partial charge in [-0.2, -0.15) is 0 Å². The van der Waals surface area contributed by atoms with Gasteiger partial charge in [-0.25, -0.2) is 0 Å². The summed E-state index contributed by atoms with van der Waals surface area (Å²) in [5.41, 5.74) is 0. The van der Waals surface area contributed by atoms with Crippen molar-refractivity contribution in [3.8, 4) is 0 Å². The van der Waals surface area contributed by atoms with E-state index in [1.54, 1.807) is 0 Å². The molecule has 0 aliphatic carbocycles. The Kier molecular flexibility index (Phi) is 5.12. The fourth-order valence-electron chi connectivity index (χ4n) is 0.0976. The Hall–Kier alpha value is 1.14. The van der Waals surface area contributed by atoms with Gasteiger partial charge in [0.2, 0.25) is 0 Å². The van der Waals surface area contributed by atoms with Crippen molar-refractivity contribution >= 4 is 40.1 Å². The van der Waals surface area contributed by atoms with Crippen LogP contribution in [0.5, 0.6) is 0 Å². The molecule has 0 aromatic heterocycles. The van der Waals surface area contributed by atoms with Gasteiger partial charge in [0.05, 0.1) is 0 Å². The van der Waals surface area contributed by atoms with E-state index in [1.807, 2.05) is 0 Å². The molecule has 0 nitrogen and oxygen atoms in total. The predicted octanol–water partition coefficient (Wildman–Crippen LogP) is 1.77. The van der Waals surface area contributed by atoms with Gasteiger partial charge in [0, 0.05) is 0 Å². The number of hydrogen-bond donors (Lipinski definition) is 0. The van der Waals surface area contributed by atoms with E-state index in [0.29, 0.717) is 0 Å². The Morgan fingerprint density at radius 2 is 2.00 bits per heavy atom. The first-order chi connectivity index (χ1) is 2.77. The summed E-state index contributed by atoms with van der Waals surface area (Å²) in [6.45, 7) is 0. The zero-order valence-corrected chi connectivity index (χ0v) is 6.58. The Morgan fingerprint density at radius 3 is 2.00 bits per heavy atom. The molecule has 0 aromatic rings. The van der Waals surface area contributed by atoms with Gasteiger partial charge in [0.15, 0.2) is 0 Å². The first kappa shape index (κ1) is 7.14. The van der Waals surface area contributed by atoms with Crippen molar-refractivity contribution in [3.63, 3.8) is 0 Å². The Labute approximate surface area is 56.7 Å². The van der Waals surface area contributed by atoms with Crippen LogP contribution in [-0.4, -0.2) is 21.7 Å². The molecule has 0 saturated heterocycles. The molecule has 0 heterocycles. The summed E-state index contributed by atoms with van der Waals surface area (Å²) in [4.78, 5) is -0.173. The Bertz CT molecular complexity index is 30.0. The minimum atomic E-state index is -0.173. The van der Waals surface area contributed by atoms with E-state index in [0.717, 1.165) is 11.6 Å². The van der Waals surface area contributed by atoms with E-state index in [9.17, 15) is 0 Å². The van der Waals surface area contributed by atoms with E-state index in [-0.39, 0.29) is 4.84 Å². The molecule has 0 rings (SSSR count). The molecule has 0 aliphatic heterocycles. The first-order valence-electron chi connectivity index (χ1n) is 1.66. The third kappa shape index (κ3) is 5.14. The van der Waals surface area contributed by atoms with Gasteiger partial charge in [0.25, 0.3) is 0 Å². The van der Waals surface area contributed by atoms with E-state index < -0.39 is 0 Å². The third-order valence-corrected chi connectivity index (χ3v) is 1.33. The van der Waals surface area contributed by atoms with Gasteiger partial charge in [-0.3, -0.25) is 0 Å². The van der Waals surface area contributed by atoms with Gasteiger partial charge in [-0.15, -0.1) is 0 Å². The topological polar surface area (TPSA) is 0 Å². The molecule has 36 valence electrons. The van der Waals surface area contributed by atoms with E-state index in [4.69, 9.17) is 23.2 Å². The molecule has 0 bridgehead atoms. The monoisotopic (exact) mass is 186 g/mol. The standard InChI is InChI=1S/C3H5AsCl2/c4-2-1-3(5)6/h3H,1-2H2.